The molecule has 0 heterocycles. The summed E-state index contributed by atoms with van der Waals surface area (Å²) in [5.41, 5.74) is 3.79. The van der Waals surface area contributed by atoms with Gasteiger partial charge in [0, 0.05) is 13.6 Å². The summed E-state index contributed by atoms with van der Waals surface area (Å²) >= 11 is 0. The molecular weight excluding hydrogens is 236 g/mol. The Morgan fingerprint density at radius 1 is 1.29 bits per heavy atom. The molecule has 17 heavy (non-hydrogen) atoms. The fraction of sp³-hybridized carbons (Fsp3) is 0.462. The molecule has 0 saturated carbocycles. The summed E-state index contributed by atoms with van der Waals surface area (Å²) in [4.78, 5) is 11.3. The summed E-state index contributed by atoms with van der Waals surface area (Å²) in [6, 6.07) is 6.19. The van der Waals surface area contributed by atoms with Crippen molar-refractivity contribution >= 4 is 18.3 Å². The fourth-order valence-corrected chi connectivity index (χ4v) is 1.49. The number of hydrogen-bond donors (Lipinski definition) is 2. The highest BCUT2D eigenvalue weighted by Crippen LogP contribution is 2.09. The monoisotopic (exact) mass is 256 g/mol. The zero-order valence-electron chi connectivity index (χ0n) is 10.8. The lowest BCUT2D eigenvalue weighted by molar-refractivity contribution is -0.122. The Morgan fingerprint density at radius 2 is 1.94 bits per heavy atom. The van der Waals surface area contributed by atoms with E-state index >= 15 is 0 Å². The van der Waals surface area contributed by atoms with Crippen molar-refractivity contribution in [3.8, 4) is 0 Å². The van der Waals surface area contributed by atoms with Gasteiger partial charge in [0.25, 0.3) is 0 Å². The lowest BCUT2D eigenvalue weighted by Gasteiger charge is -2.12. The molecule has 1 atom stereocenters. The lowest BCUT2D eigenvalue weighted by atomic mass is 10.1. The Balaban J connectivity index is 0.00000256. The average Bonchev–Trinajstić information content (AvgIpc) is 2.29. The Bertz CT molecular complexity index is 380. The third-order valence-corrected chi connectivity index (χ3v) is 2.82. The Hall–Kier alpha value is -1.06. The van der Waals surface area contributed by atoms with Crippen LogP contribution in [0, 0.1) is 13.8 Å². The van der Waals surface area contributed by atoms with Crippen LogP contribution in [0.5, 0.6) is 0 Å². The molecule has 1 amide bonds. The molecule has 0 aliphatic rings. The summed E-state index contributed by atoms with van der Waals surface area (Å²) in [6.07, 6.45) is 0. The van der Waals surface area contributed by atoms with Gasteiger partial charge >= 0.3 is 0 Å². The van der Waals surface area contributed by atoms with Crippen LogP contribution in [0.3, 0.4) is 0 Å². The number of carbonyl (C=O) groups excluding carboxylic acids is 1. The van der Waals surface area contributed by atoms with E-state index < -0.39 is 0 Å². The van der Waals surface area contributed by atoms with Crippen molar-refractivity contribution in [3.63, 3.8) is 0 Å². The summed E-state index contributed by atoms with van der Waals surface area (Å²) < 4.78 is 0. The van der Waals surface area contributed by atoms with Crippen LogP contribution in [0.15, 0.2) is 18.2 Å². The molecule has 0 fully saturated rings. The molecular formula is C13H21ClN2O. The predicted octanol–water partition coefficient (Wildman–Crippen LogP) is 1.95. The minimum atomic E-state index is -0.161. The van der Waals surface area contributed by atoms with Crippen LogP contribution in [-0.4, -0.2) is 19.0 Å². The van der Waals surface area contributed by atoms with E-state index in [0.29, 0.717) is 0 Å². The van der Waals surface area contributed by atoms with Crippen molar-refractivity contribution in [2.75, 3.05) is 7.05 Å². The molecule has 3 nitrogen and oxygen atoms in total. The number of amides is 1. The van der Waals surface area contributed by atoms with Gasteiger partial charge in [0.05, 0.1) is 6.04 Å². The van der Waals surface area contributed by atoms with E-state index in [1.165, 1.54) is 16.7 Å². The second-order valence-corrected chi connectivity index (χ2v) is 4.14. The van der Waals surface area contributed by atoms with Crippen molar-refractivity contribution in [3.05, 3.63) is 34.9 Å². The number of nitrogens with one attached hydrogen (secondary N) is 2. The molecule has 0 unspecified atom stereocenters. The van der Waals surface area contributed by atoms with Crippen LogP contribution in [0.25, 0.3) is 0 Å². The van der Waals surface area contributed by atoms with E-state index in [1.807, 2.05) is 6.92 Å². The number of carbonyl (C=O) groups is 1. The normalized spacial score (nSPS) is 11.5. The molecule has 0 bridgehead atoms. The van der Waals surface area contributed by atoms with Crippen LogP contribution >= 0.6 is 12.4 Å². The van der Waals surface area contributed by atoms with Gasteiger partial charge in [0.15, 0.2) is 0 Å². The molecule has 1 rings (SSSR count). The zero-order chi connectivity index (χ0) is 12.1. The molecule has 0 aliphatic carbocycles. The minimum Gasteiger partial charge on any atom is -0.358 e. The van der Waals surface area contributed by atoms with E-state index in [0.717, 1.165) is 6.54 Å². The fourth-order valence-electron chi connectivity index (χ4n) is 1.49. The first kappa shape index (κ1) is 15.9. The summed E-state index contributed by atoms with van der Waals surface area (Å²) in [5, 5.41) is 5.80. The zero-order valence-corrected chi connectivity index (χ0v) is 11.6. The minimum absolute atomic E-state index is 0. The highest BCUT2D eigenvalue weighted by atomic mass is 35.5. The third-order valence-electron chi connectivity index (χ3n) is 2.82. The van der Waals surface area contributed by atoms with Gasteiger partial charge in [-0.3, -0.25) is 4.79 Å². The smallest absolute Gasteiger partial charge is 0.236 e. The molecule has 0 spiro atoms. The van der Waals surface area contributed by atoms with Gasteiger partial charge in [-0.25, -0.2) is 0 Å². The molecule has 4 heteroatoms. The van der Waals surface area contributed by atoms with Crippen LogP contribution in [0.1, 0.15) is 23.6 Å². The van der Waals surface area contributed by atoms with Crippen molar-refractivity contribution in [2.45, 2.75) is 33.4 Å². The Kier molecular flexibility index (Phi) is 6.85. The number of halogens is 1. The van der Waals surface area contributed by atoms with E-state index in [2.05, 4.69) is 42.7 Å². The van der Waals surface area contributed by atoms with E-state index in [-0.39, 0.29) is 24.4 Å². The Labute approximate surface area is 109 Å². The highest BCUT2D eigenvalue weighted by Gasteiger charge is 2.09. The highest BCUT2D eigenvalue weighted by molar-refractivity contribution is 5.85. The maximum atomic E-state index is 11.3. The van der Waals surface area contributed by atoms with Gasteiger partial charge in [-0.2, -0.15) is 0 Å². The summed E-state index contributed by atoms with van der Waals surface area (Å²) in [5.74, 6) is 0.0174. The molecule has 96 valence electrons. The van der Waals surface area contributed by atoms with Crippen LogP contribution < -0.4 is 10.6 Å². The average molecular weight is 257 g/mol. The molecule has 0 aromatic heterocycles. The molecule has 2 N–H and O–H groups in total. The van der Waals surface area contributed by atoms with Gasteiger partial charge in [-0.05, 0) is 37.5 Å². The third kappa shape index (κ3) is 4.75. The first-order chi connectivity index (χ1) is 7.54. The van der Waals surface area contributed by atoms with Gasteiger partial charge in [-0.1, -0.05) is 18.2 Å². The quantitative estimate of drug-likeness (QED) is 0.865. The first-order valence-electron chi connectivity index (χ1n) is 5.55. The second kappa shape index (κ2) is 7.30. The topological polar surface area (TPSA) is 41.1 Å². The van der Waals surface area contributed by atoms with Crippen LogP contribution in [0.4, 0.5) is 0 Å². The van der Waals surface area contributed by atoms with Gasteiger partial charge in [0.2, 0.25) is 5.91 Å². The largest absolute Gasteiger partial charge is 0.358 e. The van der Waals surface area contributed by atoms with Crippen molar-refractivity contribution < 1.29 is 4.79 Å². The summed E-state index contributed by atoms with van der Waals surface area (Å²) in [7, 11) is 1.65. The summed E-state index contributed by atoms with van der Waals surface area (Å²) in [6.45, 7) is 6.77. The van der Waals surface area contributed by atoms with Crippen molar-refractivity contribution in [1.82, 2.24) is 10.6 Å². The van der Waals surface area contributed by atoms with Gasteiger partial charge in [-0.15, -0.1) is 12.4 Å². The molecule has 0 aliphatic heterocycles. The number of benzene rings is 1. The van der Waals surface area contributed by atoms with Gasteiger partial charge in [0.1, 0.15) is 0 Å². The number of aryl methyl sites for hydroxylation is 2. The molecule has 1 aromatic rings. The maximum absolute atomic E-state index is 11.3. The Morgan fingerprint density at radius 3 is 2.47 bits per heavy atom. The van der Waals surface area contributed by atoms with Crippen molar-refractivity contribution in [1.29, 1.82) is 0 Å². The van der Waals surface area contributed by atoms with Crippen LogP contribution in [-0.2, 0) is 11.3 Å². The first-order valence-corrected chi connectivity index (χ1v) is 5.55. The second-order valence-electron chi connectivity index (χ2n) is 4.14. The van der Waals surface area contributed by atoms with E-state index in [1.54, 1.807) is 7.05 Å². The van der Waals surface area contributed by atoms with E-state index in [9.17, 15) is 4.79 Å². The number of hydrogen-bond acceptors (Lipinski definition) is 2. The lowest BCUT2D eigenvalue weighted by Crippen LogP contribution is -2.40. The molecule has 1 aromatic carbocycles. The van der Waals surface area contributed by atoms with Crippen LogP contribution in [0.2, 0.25) is 0 Å². The SMILES string of the molecule is CNC(=O)[C@@H](C)NCc1ccc(C)c(C)c1.Cl. The number of rotatable bonds is 4. The number of likely N-dealkylation sites (N-methyl/N-ethyl adjacent to an activating group) is 1. The standard InChI is InChI=1S/C13H20N2O.ClH/c1-9-5-6-12(7-10(9)2)8-15-11(3)13(16)14-4;/h5-7,11,15H,8H2,1-4H3,(H,14,16);1H/t11-;/m1./s1. The molecule has 0 radical (unpaired) electrons. The van der Waals surface area contributed by atoms with Gasteiger partial charge < -0.3 is 10.6 Å². The van der Waals surface area contributed by atoms with E-state index in [4.69, 9.17) is 0 Å². The van der Waals surface area contributed by atoms with Crippen molar-refractivity contribution in [2.24, 2.45) is 0 Å². The maximum Gasteiger partial charge on any atom is 0.236 e. The predicted molar refractivity (Wildman–Crippen MR) is 73.5 cm³/mol. The molecule has 0 saturated heterocycles.